The van der Waals surface area contributed by atoms with Crippen LogP contribution in [0.3, 0.4) is 0 Å². The first kappa shape index (κ1) is 10.8. The van der Waals surface area contributed by atoms with E-state index < -0.39 is 0 Å². The molecule has 0 atom stereocenters. The fourth-order valence-corrected chi connectivity index (χ4v) is 2.02. The van der Waals surface area contributed by atoms with E-state index in [-0.39, 0.29) is 0 Å². The first-order valence-electron chi connectivity index (χ1n) is 5.88. The Bertz CT molecular complexity index is 700. The lowest BCUT2D eigenvalue weighted by atomic mass is 10.1. The van der Waals surface area contributed by atoms with Gasteiger partial charge in [0.25, 0.3) is 0 Å². The topological polar surface area (TPSA) is 56.2 Å². The van der Waals surface area contributed by atoms with Crippen LogP contribution in [0.15, 0.2) is 42.6 Å². The van der Waals surface area contributed by atoms with Crippen molar-refractivity contribution in [1.82, 2.24) is 14.6 Å². The number of anilines is 1. The molecule has 18 heavy (non-hydrogen) atoms. The van der Waals surface area contributed by atoms with Gasteiger partial charge in [-0.05, 0) is 30.2 Å². The van der Waals surface area contributed by atoms with E-state index in [0.717, 1.165) is 17.9 Å². The quantitative estimate of drug-likeness (QED) is 0.744. The van der Waals surface area contributed by atoms with Gasteiger partial charge in [-0.2, -0.15) is 5.10 Å². The molecule has 1 aromatic carbocycles. The molecule has 0 radical (unpaired) electrons. The molecule has 3 aromatic rings. The number of aromatic nitrogens is 3. The van der Waals surface area contributed by atoms with Crippen LogP contribution in [0.2, 0.25) is 0 Å². The second kappa shape index (κ2) is 4.14. The number of hydrogen-bond acceptors (Lipinski definition) is 3. The zero-order valence-corrected chi connectivity index (χ0v) is 10.2. The first-order valence-corrected chi connectivity index (χ1v) is 5.88. The highest BCUT2D eigenvalue weighted by Crippen LogP contribution is 2.14. The van der Waals surface area contributed by atoms with Gasteiger partial charge in [-0.15, -0.1) is 0 Å². The van der Waals surface area contributed by atoms with Crippen LogP contribution in [0.1, 0.15) is 17.0 Å². The third-order valence-electron chi connectivity index (χ3n) is 3.05. The van der Waals surface area contributed by atoms with Crippen molar-refractivity contribution in [3.05, 3.63) is 59.5 Å². The average Bonchev–Trinajstić information content (AvgIpc) is 2.76. The summed E-state index contributed by atoms with van der Waals surface area (Å²) in [6.45, 7) is 2.10. The molecular weight excluding hydrogens is 224 g/mol. The van der Waals surface area contributed by atoms with E-state index in [2.05, 4.69) is 29.1 Å². The van der Waals surface area contributed by atoms with Gasteiger partial charge in [0, 0.05) is 12.6 Å². The van der Waals surface area contributed by atoms with Crippen molar-refractivity contribution in [2.24, 2.45) is 0 Å². The summed E-state index contributed by atoms with van der Waals surface area (Å²) < 4.78 is 1.73. The van der Waals surface area contributed by atoms with Crippen LogP contribution < -0.4 is 5.73 Å². The van der Waals surface area contributed by atoms with E-state index in [1.165, 1.54) is 11.1 Å². The van der Waals surface area contributed by atoms with Crippen molar-refractivity contribution in [3.63, 3.8) is 0 Å². The minimum atomic E-state index is 0.654. The zero-order valence-electron chi connectivity index (χ0n) is 10.2. The van der Waals surface area contributed by atoms with Crippen LogP contribution in [-0.2, 0) is 6.42 Å². The smallest absolute Gasteiger partial charge is 0.178 e. The zero-order chi connectivity index (χ0) is 12.5. The summed E-state index contributed by atoms with van der Waals surface area (Å²) in [5.41, 5.74) is 9.74. The van der Waals surface area contributed by atoms with Gasteiger partial charge in [0.15, 0.2) is 11.5 Å². The van der Waals surface area contributed by atoms with Crippen molar-refractivity contribution in [2.45, 2.75) is 13.3 Å². The van der Waals surface area contributed by atoms with Gasteiger partial charge in [-0.1, -0.05) is 24.3 Å². The van der Waals surface area contributed by atoms with Gasteiger partial charge in [-0.3, -0.25) is 0 Å². The van der Waals surface area contributed by atoms with Crippen molar-refractivity contribution in [3.8, 4) is 0 Å². The Balaban J connectivity index is 2.01. The maximum Gasteiger partial charge on any atom is 0.178 e. The molecule has 0 fully saturated rings. The Kier molecular flexibility index (Phi) is 2.48. The maximum absolute atomic E-state index is 5.87. The summed E-state index contributed by atoms with van der Waals surface area (Å²) in [5.74, 6) is 0.794. The third-order valence-corrected chi connectivity index (χ3v) is 3.05. The SMILES string of the molecule is Cc1ccccc1Cc1nc2c(N)cccn2n1. The Morgan fingerprint density at radius 1 is 1.17 bits per heavy atom. The normalized spacial score (nSPS) is 10.9. The van der Waals surface area contributed by atoms with E-state index >= 15 is 0 Å². The maximum atomic E-state index is 5.87. The average molecular weight is 238 g/mol. The number of fused-ring (bicyclic) bond motifs is 1. The molecule has 2 aromatic heterocycles. The predicted molar refractivity (Wildman–Crippen MR) is 71.4 cm³/mol. The van der Waals surface area contributed by atoms with Gasteiger partial charge < -0.3 is 5.73 Å². The van der Waals surface area contributed by atoms with Crippen LogP contribution in [0.4, 0.5) is 5.69 Å². The number of rotatable bonds is 2. The van der Waals surface area contributed by atoms with Gasteiger partial charge in [0.1, 0.15) is 0 Å². The van der Waals surface area contributed by atoms with Gasteiger partial charge in [-0.25, -0.2) is 9.50 Å². The first-order chi connectivity index (χ1) is 8.74. The van der Waals surface area contributed by atoms with Crippen LogP contribution in [0.25, 0.3) is 5.65 Å². The van der Waals surface area contributed by atoms with Gasteiger partial charge in [0.05, 0.1) is 5.69 Å². The summed E-state index contributed by atoms with van der Waals surface area (Å²) >= 11 is 0. The standard InChI is InChI=1S/C14H14N4/c1-10-5-2-3-6-11(10)9-13-16-14-12(15)7-4-8-18(14)17-13/h2-8H,9,15H2,1H3. The summed E-state index contributed by atoms with van der Waals surface area (Å²) in [7, 11) is 0. The lowest BCUT2D eigenvalue weighted by Gasteiger charge is -2.01. The number of pyridine rings is 1. The largest absolute Gasteiger partial charge is 0.396 e. The van der Waals surface area contributed by atoms with E-state index in [9.17, 15) is 0 Å². The number of nitrogen functional groups attached to an aromatic ring is 1. The van der Waals surface area contributed by atoms with Crippen molar-refractivity contribution < 1.29 is 0 Å². The van der Waals surface area contributed by atoms with Gasteiger partial charge >= 0.3 is 0 Å². The lowest BCUT2D eigenvalue weighted by Crippen LogP contribution is -1.94. The number of hydrogen-bond donors (Lipinski definition) is 1. The Morgan fingerprint density at radius 3 is 2.78 bits per heavy atom. The summed E-state index contributed by atoms with van der Waals surface area (Å²) in [6, 6.07) is 12.0. The highest BCUT2D eigenvalue weighted by molar-refractivity contribution is 5.63. The molecule has 0 aliphatic carbocycles. The number of nitrogens with zero attached hydrogens (tertiary/aromatic N) is 3. The fourth-order valence-electron chi connectivity index (χ4n) is 2.02. The Morgan fingerprint density at radius 2 is 2.00 bits per heavy atom. The lowest BCUT2D eigenvalue weighted by molar-refractivity contribution is 0.898. The molecule has 2 N–H and O–H groups in total. The van der Waals surface area contributed by atoms with E-state index in [0.29, 0.717) is 5.69 Å². The molecule has 2 heterocycles. The van der Waals surface area contributed by atoms with E-state index in [1.807, 2.05) is 30.5 Å². The van der Waals surface area contributed by atoms with Crippen molar-refractivity contribution >= 4 is 11.3 Å². The van der Waals surface area contributed by atoms with Crippen LogP contribution in [0, 0.1) is 6.92 Å². The van der Waals surface area contributed by atoms with Gasteiger partial charge in [0.2, 0.25) is 0 Å². The summed E-state index contributed by atoms with van der Waals surface area (Å²) in [4.78, 5) is 4.48. The number of benzene rings is 1. The molecule has 3 rings (SSSR count). The van der Waals surface area contributed by atoms with Crippen LogP contribution in [0.5, 0.6) is 0 Å². The Labute approximate surface area is 105 Å². The van der Waals surface area contributed by atoms with Crippen molar-refractivity contribution in [1.29, 1.82) is 0 Å². The molecule has 90 valence electrons. The molecular formula is C14H14N4. The highest BCUT2D eigenvalue weighted by atomic mass is 15.3. The monoisotopic (exact) mass is 238 g/mol. The molecule has 0 aliphatic heterocycles. The van der Waals surface area contributed by atoms with Crippen molar-refractivity contribution in [2.75, 3.05) is 5.73 Å². The second-order valence-corrected chi connectivity index (χ2v) is 4.36. The molecule has 0 unspecified atom stereocenters. The van der Waals surface area contributed by atoms with Crippen LogP contribution >= 0.6 is 0 Å². The minimum Gasteiger partial charge on any atom is -0.396 e. The molecule has 0 saturated heterocycles. The summed E-state index contributed by atoms with van der Waals surface area (Å²) in [6.07, 6.45) is 2.59. The molecule has 0 aliphatic rings. The molecule has 4 heteroatoms. The molecule has 0 spiro atoms. The summed E-state index contributed by atoms with van der Waals surface area (Å²) in [5, 5.41) is 4.44. The third kappa shape index (κ3) is 1.82. The Hall–Kier alpha value is -2.36. The predicted octanol–water partition coefficient (Wildman–Crippen LogP) is 2.21. The highest BCUT2D eigenvalue weighted by Gasteiger charge is 2.07. The molecule has 0 amide bonds. The minimum absolute atomic E-state index is 0.654. The molecule has 0 bridgehead atoms. The molecule has 4 nitrogen and oxygen atoms in total. The van der Waals surface area contributed by atoms with E-state index in [1.54, 1.807) is 4.52 Å². The molecule has 0 saturated carbocycles. The fraction of sp³-hybridized carbons (Fsp3) is 0.143. The second-order valence-electron chi connectivity index (χ2n) is 4.36. The van der Waals surface area contributed by atoms with E-state index in [4.69, 9.17) is 5.73 Å². The number of aryl methyl sites for hydroxylation is 1. The number of nitrogens with two attached hydrogens (primary N) is 1. The van der Waals surface area contributed by atoms with Crippen LogP contribution in [-0.4, -0.2) is 14.6 Å².